The summed E-state index contributed by atoms with van der Waals surface area (Å²) in [6.45, 7) is 2.26. The number of imide groups is 1. The minimum Gasteiger partial charge on any atom is -0.454 e. The van der Waals surface area contributed by atoms with Crippen molar-refractivity contribution in [2.75, 3.05) is 11.7 Å². The second-order valence-corrected chi connectivity index (χ2v) is 9.57. The van der Waals surface area contributed by atoms with Gasteiger partial charge in [-0.05, 0) is 71.8 Å². The molecule has 3 aliphatic rings. The number of fused-ring (bicyclic) bond motifs is 1. The Bertz CT molecular complexity index is 1350. The van der Waals surface area contributed by atoms with Crippen molar-refractivity contribution >= 4 is 23.3 Å². The van der Waals surface area contributed by atoms with Crippen LogP contribution in [0.25, 0.3) is 11.1 Å². The third-order valence-electron chi connectivity index (χ3n) is 7.36. The molecule has 35 heavy (non-hydrogen) atoms. The van der Waals surface area contributed by atoms with Gasteiger partial charge in [-0.15, -0.1) is 0 Å². The van der Waals surface area contributed by atoms with Gasteiger partial charge in [-0.3, -0.25) is 19.3 Å². The molecule has 6 rings (SSSR count). The van der Waals surface area contributed by atoms with Crippen LogP contribution in [0.1, 0.15) is 42.4 Å². The first-order valence-corrected chi connectivity index (χ1v) is 11.9. The molecule has 0 bridgehead atoms. The number of Topliss-reactive ketones (excluding diaryl/α,β-unsaturated/α-hetero) is 1. The average Bonchev–Trinajstić information content (AvgIpc) is 3.43. The number of aryl methyl sites for hydroxylation is 1. The van der Waals surface area contributed by atoms with Crippen molar-refractivity contribution in [2.24, 2.45) is 0 Å². The highest BCUT2D eigenvalue weighted by Crippen LogP contribution is 2.51. The maximum absolute atomic E-state index is 13.4. The number of carbonyl (C=O) groups is 3. The van der Waals surface area contributed by atoms with E-state index in [9.17, 15) is 14.4 Å². The third kappa shape index (κ3) is 3.70. The van der Waals surface area contributed by atoms with Crippen LogP contribution < -0.4 is 14.4 Å². The van der Waals surface area contributed by atoms with Crippen LogP contribution in [0.4, 0.5) is 5.69 Å². The van der Waals surface area contributed by atoms with Crippen LogP contribution in [0, 0.1) is 6.92 Å². The Hall–Kier alpha value is -3.93. The molecule has 3 aromatic carbocycles. The first-order chi connectivity index (χ1) is 16.9. The fraction of sp³-hybridized carbons (Fsp3) is 0.276. The molecule has 2 aliphatic heterocycles. The number of hydrogen-bond acceptors (Lipinski definition) is 5. The quantitative estimate of drug-likeness (QED) is 0.483. The molecule has 0 spiro atoms. The van der Waals surface area contributed by atoms with Crippen LogP contribution in [0.15, 0.2) is 60.7 Å². The zero-order valence-electron chi connectivity index (χ0n) is 19.5. The van der Waals surface area contributed by atoms with Crippen LogP contribution in [0.3, 0.4) is 0 Å². The van der Waals surface area contributed by atoms with Crippen LogP contribution in [0.5, 0.6) is 11.5 Å². The summed E-state index contributed by atoms with van der Waals surface area (Å²) in [6.07, 6.45) is 2.59. The second kappa shape index (κ2) is 8.08. The van der Waals surface area contributed by atoms with E-state index >= 15 is 0 Å². The lowest BCUT2D eigenvalue weighted by Crippen LogP contribution is -2.28. The van der Waals surface area contributed by atoms with E-state index in [1.807, 2.05) is 61.5 Å². The van der Waals surface area contributed by atoms with Crippen molar-refractivity contribution in [1.29, 1.82) is 0 Å². The van der Waals surface area contributed by atoms with Gasteiger partial charge in [-0.1, -0.05) is 36.4 Å². The number of rotatable bonds is 6. The van der Waals surface area contributed by atoms with Crippen LogP contribution in [0.2, 0.25) is 0 Å². The molecule has 0 unspecified atom stereocenters. The lowest BCUT2D eigenvalue weighted by molar-refractivity contribution is -0.122. The molecule has 1 aliphatic carbocycles. The van der Waals surface area contributed by atoms with Gasteiger partial charge in [0.25, 0.3) is 0 Å². The topological polar surface area (TPSA) is 72.9 Å². The van der Waals surface area contributed by atoms with Gasteiger partial charge in [0, 0.05) is 19.3 Å². The smallest absolute Gasteiger partial charge is 0.234 e. The Morgan fingerprint density at radius 3 is 2.31 bits per heavy atom. The Balaban J connectivity index is 1.23. The van der Waals surface area contributed by atoms with Crippen LogP contribution in [-0.4, -0.2) is 24.4 Å². The summed E-state index contributed by atoms with van der Waals surface area (Å²) in [7, 11) is 0. The molecule has 6 heteroatoms. The molecule has 0 N–H and O–H groups in total. The van der Waals surface area contributed by atoms with E-state index in [-0.39, 0.29) is 37.2 Å². The van der Waals surface area contributed by atoms with Crippen molar-refractivity contribution in [3.63, 3.8) is 0 Å². The zero-order chi connectivity index (χ0) is 24.2. The van der Waals surface area contributed by atoms with Gasteiger partial charge in [0.05, 0.1) is 11.1 Å². The number of ether oxygens (including phenoxy) is 2. The normalized spacial score (nSPS) is 17.7. The first-order valence-electron chi connectivity index (χ1n) is 11.9. The molecular weight excluding hydrogens is 442 g/mol. The van der Waals surface area contributed by atoms with Gasteiger partial charge < -0.3 is 9.47 Å². The highest BCUT2D eigenvalue weighted by atomic mass is 16.7. The van der Waals surface area contributed by atoms with E-state index in [1.54, 1.807) is 0 Å². The Labute approximate surface area is 203 Å². The molecule has 6 nitrogen and oxygen atoms in total. The number of nitrogens with zero attached hydrogens (tertiary/aromatic N) is 1. The van der Waals surface area contributed by atoms with Crippen LogP contribution >= 0.6 is 0 Å². The van der Waals surface area contributed by atoms with E-state index in [0.29, 0.717) is 17.9 Å². The fourth-order valence-electron chi connectivity index (χ4n) is 5.15. The molecular formula is C29H25NO5. The molecule has 2 amide bonds. The first kappa shape index (κ1) is 21.6. The molecule has 0 aromatic heterocycles. The molecule has 0 radical (unpaired) electrons. The maximum atomic E-state index is 13.4. The van der Waals surface area contributed by atoms with Crippen LogP contribution in [-0.2, 0) is 26.2 Å². The van der Waals surface area contributed by atoms with Crippen molar-refractivity contribution in [3.8, 4) is 22.6 Å². The molecule has 2 fully saturated rings. The van der Waals surface area contributed by atoms with E-state index in [4.69, 9.17) is 9.47 Å². The van der Waals surface area contributed by atoms with Gasteiger partial charge in [-0.2, -0.15) is 0 Å². The van der Waals surface area contributed by atoms with E-state index in [2.05, 4.69) is 6.07 Å². The number of anilines is 1. The van der Waals surface area contributed by atoms with Gasteiger partial charge in [0.15, 0.2) is 11.5 Å². The SMILES string of the molecule is Cc1ccc(CC(=O)C2(c3ccc4c(c3)OCO4)CC2)cc1-c1ccc(N2C(=O)CCC2=O)cc1. The summed E-state index contributed by atoms with van der Waals surface area (Å²) in [5, 5.41) is 0. The van der Waals surface area contributed by atoms with Gasteiger partial charge in [0.2, 0.25) is 18.6 Å². The van der Waals surface area contributed by atoms with E-state index in [0.717, 1.165) is 46.4 Å². The van der Waals surface area contributed by atoms with Gasteiger partial charge >= 0.3 is 0 Å². The summed E-state index contributed by atoms with van der Waals surface area (Å²) in [6, 6.07) is 19.4. The highest BCUT2D eigenvalue weighted by molar-refractivity contribution is 6.19. The summed E-state index contributed by atoms with van der Waals surface area (Å²) in [5.41, 5.74) is 5.24. The zero-order valence-corrected chi connectivity index (χ0v) is 19.5. The second-order valence-electron chi connectivity index (χ2n) is 9.57. The fourth-order valence-corrected chi connectivity index (χ4v) is 5.15. The Morgan fingerprint density at radius 2 is 1.60 bits per heavy atom. The lowest BCUT2D eigenvalue weighted by atomic mass is 9.87. The number of benzene rings is 3. The van der Waals surface area contributed by atoms with Crippen molar-refractivity contribution in [1.82, 2.24) is 0 Å². The molecule has 1 saturated carbocycles. The monoisotopic (exact) mass is 467 g/mol. The highest BCUT2D eigenvalue weighted by Gasteiger charge is 2.50. The average molecular weight is 468 g/mol. The van der Waals surface area contributed by atoms with E-state index < -0.39 is 5.41 Å². The maximum Gasteiger partial charge on any atom is 0.234 e. The number of ketones is 1. The standard InChI is InChI=1S/C29H25NO5/c1-18-2-3-19(14-23(18)20-4-7-22(8-5-20)30-27(32)10-11-28(30)33)15-26(31)29(12-13-29)21-6-9-24-25(16-21)35-17-34-24/h2-9,14,16H,10-13,15,17H2,1H3. The number of carbonyl (C=O) groups excluding carboxylic acids is 3. The van der Waals surface area contributed by atoms with Gasteiger partial charge in [0.1, 0.15) is 5.78 Å². The molecule has 2 heterocycles. The summed E-state index contributed by atoms with van der Waals surface area (Å²) < 4.78 is 10.9. The number of amides is 2. The predicted octanol–water partition coefficient (Wildman–Crippen LogP) is 4.89. The third-order valence-corrected chi connectivity index (χ3v) is 7.36. The predicted molar refractivity (Wildman–Crippen MR) is 131 cm³/mol. The molecule has 176 valence electrons. The van der Waals surface area contributed by atoms with E-state index in [1.165, 1.54) is 4.90 Å². The van der Waals surface area contributed by atoms with Crippen molar-refractivity contribution < 1.29 is 23.9 Å². The summed E-state index contributed by atoms with van der Waals surface area (Å²) in [4.78, 5) is 38.8. The summed E-state index contributed by atoms with van der Waals surface area (Å²) >= 11 is 0. The van der Waals surface area contributed by atoms with Crippen molar-refractivity contribution in [3.05, 3.63) is 77.4 Å². The minimum absolute atomic E-state index is 0.157. The molecule has 1 saturated heterocycles. The molecule has 0 atom stereocenters. The lowest BCUT2D eigenvalue weighted by Gasteiger charge is -2.17. The Morgan fingerprint density at radius 1 is 0.886 bits per heavy atom. The number of hydrogen-bond donors (Lipinski definition) is 0. The largest absolute Gasteiger partial charge is 0.454 e. The molecule has 3 aromatic rings. The van der Waals surface area contributed by atoms with Crippen molar-refractivity contribution in [2.45, 2.75) is 44.4 Å². The van der Waals surface area contributed by atoms with Gasteiger partial charge in [-0.25, -0.2) is 0 Å². The summed E-state index contributed by atoms with van der Waals surface area (Å²) in [5.74, 6) is 1.34. The minimum atomic E-state index is -0.442. The Kier molecular flexibility index (Phi) is 4.99.